The lowest BCUT2D eigenvalue weighted by molar-refractivity contribution is 0.358. The van der Waals surface area contributed by atoms with Crippen LogP contribution in [-0.2, 0) is 0 Å². The number of benzene rings is 1. The van der Waals surface area contributed by atoms with E-state index < -0.39 is 0 Å². The molecule has 1 aromatic rings. The van der Waals surface area contributed by atoms with Gasteiger partial charge in [-0.2, -0.15) is 0 Å². The summed E-state index contributed by atoms with van der Waals surface area (Å²) in [5.41, 5.74) is 2.99. The normalized spacial score (nSPS) is 25.7. The third-order valence-corrected chi connectivity index (χ3v) is 4.31. The average molecular weight is 282 g/mol. The Labute approximate surface area is 107 Å². The Bertz CT molecular complexity index is 354. The van der Waals surface area contributed by atoms with Crippen molar-refractivity contribution in [1.29, 1.82) is 0 Å². The highest BCUT2D eigenvalue weighted by molar-refractivity contribution is 9.10. The van der Waals surface area contributed by atoms with Crippen LogP contribution < -0.4 is 5.32 Å². The number of rotatable bonds is 2. The van der Waals surface area contributed by atoms with Crippen LogP contribution in [0, 0.1) is 6.92 Å². The lowest BCUT2D eigenvalue weighted by Gasteiger charge is -2.29. The molecule has 0 bridgehead atoms. The zero-order chi connectivity index (χ0) is 11.5. The summed E-state index contributed by atoms with van der Waals surface area (Å²) >= 11 is 3.58. The fraction of sp³-hybridized carbons (Fsp3) is 0.571. The molecule has 0 amide bonds. The van der Waals surface area contributed by atoms with Crippen LogP contribution in [0.2, 0.25) is 0 Å². The predicted octanol–water partition coefficient (Wildman–Crippen LogP) is 4.00. The predicted molar refractivity (Wildman–Crippen MR) is 72.9 cm³/mol. The van der Waals surface area contributed by atoms with E-state index in [1.165, 1.54) is 35.7 Å². The Morgan fingerprint density at radius 3 is 2.50 bits per heavy atom. The van der Waals surface area contributed by atoms with Crippen LogP contribution in [0.3, 0.4) is 0 Å². The van der Waals surface area contributed by atoms with Crippen LogP contribution in [-0.4, -0.2) is 13.1 Å². The summed E-state index contributed by atoms with van der Waals surface area (Å²) < 4.78 is 1.21. The molecule has 0 atom stereocenters. The van der Waals surface area contributed by atoms with Gasteiger partial charge in [0.25, 0.3) is 0 Å². The summed E-state index contributed by atoms with van der Waals surface area (Å²) in [4.78, 5) is 0. The first-order valence-electron chi connectivity index (χ1n) is 6.14. The average Bonchev–Trinajstić information content (AvgIpc) is 2.32. The second-order valence-corrected chi connectivity index (χ2v) is 5.75. The molecule has 0 aromatic heterocycles. The monoisotopic (exact) mass is 281 g/mol. The standard InChI is InChI=1S/C14H20BrN/c1-10-3-6-12(15)9-14(10)11-4-7-13(16-2)8-5-11/h3,6,9,11,13,16H,4-5,7-8H2,1-2H3. The van der Waals surface area contributed by atoms with Crippen molar-refractivity contribution in [3.8, 4) is 0 Å². The molecule has 1 N–H and O–H groups in total. The van der Waals surface area contributed by atoms with E-state index in [0.29, 0.717) is 0 Å². The highest BCUT2D eigenvalue weighted by Gasteiger charge is 2.22. The van der Waals surface area contributed by atoms with Gasteiger partial charge in [-0.15, -0.1) is 0 Å². The maximum absolute atomic E-state index is 3.58. The van der Waals surface area contributed by atoms with Gasteiger partial charge >= 0.3 is 0 Å². The molecule has 88 valence electrons. The van der Waals surface area contributed by atoms with Crippen LogP contribution in [0.1, 0.15) is 42.7 Å². The van der Waals surface area contributed by atoms with Crippen LogP contribution in [0.15, 0.2) is 22.7 Å². The van der Waals surface area contributed by atoms with E-state index in [0.717, 1.165) is 12.0 Å². The number of aryl methyl sites for hydroxylation is 1. The maximum Gasteiger partial charge on any atom is 0.0178 e. The molecule has 0 radical (unpaired) electrons. The lowest BCUT2D eigenvalue weighted by atomic mass is 9.80. The fourth-order valence-corrected chi connectivity index (χ4v) is 3.12. The van der Waals surface area contributed by atoms with Crippen molar-refractivity contribution in [2.24, 2.45) is 0 Å². The smallest absolute Gasteiger partial charge is 0.0178 e. The molecule has 2 heteroatoms. The molecule has 0 heterocycles. The Kier molecular flexibility index (Phi) is 4.04. The zero-order valence-corrected chi connectivity index (χ0v) is 11.7. The first-order valence-corrected chi connectivity index (χ1v) is 6.93. The van der Waals surface area contributed by atoms with Gasteiger partial charge < -0.3 is 5.32 Å². The number of hydrogen-bond donors (Lipinski definition) is 1. The third kappa shape index (κ3) is 2.67. The van der Waals surface area contributed by atoms with Gasteiger partial charge in [0.05, 0.1) is 0 Å². The first-order chi connectivity index (χ1) is 7.70. The highest BCUT2D eigenvalue weighted by atomic mass is 79.9. The minimum Gasteiger partial charge on any atom is -0.317 e. The Hall–Kier alpha value is -0.340. The van der Waals surface area contributed by atoms with Crippen LogP contribution in [0.5, 0.6) is 0 Å². The molecule has 0 aliphatic heterocycles. The summed E-state index contributed by atoms with van der Waals surface area (Å²) in [6.07, 6.45) is 5.27. The lowest BCUT2D eigenvalue weighted by Crippen LogP contribution is -2.29. The minimum atomic E-state index is 0.740. The molecule has 2 rings (SSSR count). The number of halogens is 1. The third-order valence-electron chi connectivity index (χ3n) is 3.82. The van der Waals surface area contributed by atoms with E-state index in [1.54, 1.807) is 5.56 Å². The van der Waals surface area contributed by atoms with Gasteiger partial charge in [0.2, 0.25) is 0 Å². The number of hydrogen-bond acceptors (Lipinski definition) is 1. The number of nitrogens with one attached hydrogen (secondary N) is 1. The molecule has 1 aliphatic carbocycles. The fourth-order valence-electron chi connectivity index (χ4n) is 2.74. The second kappa shape index (κ2) is 5.33. The van der Waals surface area contributed by atoms with E-state index in [-0.39, 0.29) is 0 Å². The molecular formula is C14H20BrN. The van der Waals surface area contributed by atoms with Crippen molar-refractivity contribution in [3.63, 3.8) is 0 Å². The molecule has 16 heavy (non-hydrogen) atoms. The van der Waals surface area contributed by atoms with Crippen molar-refractivity contribution in [1.82, 2.24) is 5.32 Å². The van der Waals surface area contributed by atoms with Crippen molar-refractivity contribution in [3.05, 3.63) is 33.8 Å². The molecule has 1 saturated carbocycles. The van der Waals surface area contributed by atoms with Crippen LogP contribution in [0.25, 0.3) is 0 Å². The Balaban J connectivity index is 2.10. The quantitative estimate of drug-likeness (QED) is 0.864. The van der Waals surface area contributed by atoms with Crippen molar-refractivity contribution < 1.29 is 0 Å². The largest absolute Gasteiger partial charge is 0.317 e. The minimum absolute atomic E-state index is 0.740. The molecule has 1 nitrogen and oxygen atoms in total. The first kappa shape index (κ1) is 12.1. The Morgan fingerprint density at radius 2 is 1.88 bits per heavy atom. The topological polar surface area (TPSA) is 12.0 Å². The van der Waals surface area contributed by atoms with Crippen LogP contribution >= 0.6 is 15.9 Å². The summed E-state index contributed by atoms with van der Waals surface area (Å²) in [5.74, 6) is 0.766. The Morgan fingerprint density at radius 1 is 1.19 bits per heavy atom. The van der Waals surface area contributed by atoms with E-state index in [1.807, 2.05) is 0 Å². The molecule has 1 aromatic carbocycles. The molecule has 0 spiro atoms. The molecule has 1 fully saturated rings. The highest BCUT2D eigenvalue weighted by Crippen LogP contribution is 2.35. The summed E-state index contributed by atoms with van der Waals surface area (Å²) in [7, 11) is 2.08. The molecule has 1 aliphatic rings. The summed E-state index contributed by atoms with van der Waals surface area (Å²) in [5, 5.41) is 3.39. The van der Waals surface area contributed by atoms with Gasteiger partial charge in [0, 0.05) is 10.5 Å². The van der Waals surface area contributed by atoms with Gasteiger partial charge in [0.1, 0.15) is 0 Å². The summed E-state index contributed by atoms with van der Waals surface area (Å²) in [6.45, 7) is 2.23. The van der Waals surface area contributed by atoms with Crippen molar-refractivity contribution >= 4 is 15.9 Å². The second-order valence-electron chi connectivity index (χ2n) is 4.84. The SMILES string of the molecule is CNC1CCC(c2cc(Br)ccc2C)CC1. The van der Waals surface area contributed by atoms with Gasteiger partial charge in [-0.1, -0.05) is 22.0 Å². The van der Waals surface area contributed by atoms with Gasteiger partial charge in [-0.3, -0.25) is 0 Å². The van der Waals surface area contributed by atoms with Crippen LogP contribution in [0.4, 0.5) is 0 Å². The summed E-state index contributed by atoms with van der Waals surface area (Å²) in [6, 6.07) is 7.41. The maximum atomic E-state index is 3.58. The van der Waals surface area contributed by atoms with Gasteiger partial charge in [0.15, 0.2) is 0 Å². The molecule has 0 unspecified atom stereocenters. The van der Waals surface area contributed by atoms with E-state index in [9.17, 15) is 0 Å². The van der Waals surface area contributed by atoms with Crippen molar-refractivity contribution in [2.75, 3.05) is 7.05 Å². The molecule has 0 saturated heterocycles. The molecular weight excluding hydrogens is 262 g/mol. The van der Waals surface area contributed by atoms with Crippen molar-refractivity contribution in [2.45, 2.75) is 44.6 Å². The zero-order valence-electron chi connectivity index (χ0n) is 10.1. The van der Waals surface area contributed by atoms with Gasteiger partial charge in [-0.25, -0.2) is 0 Å². The van der Waals surface area contributed by atoms with E-state index in [2.05, 4.69) is 53.4 Å². The van der Waals surface area contributed by atoms with E-state index >= 15 is 0 Å². The van der Waals surface area contributed by atoms with E-state index in [4.69, 9.17) is 0 Å². The van der Waals surface area contributed by atoms with Gasteiger partial charge in [-0.05, 0) is 68.8 Å².